The van der Waals surface area contributed by atoms with Gasteiger partial charge in [0.25, 0.3) is 0 Å². The highest BCUT2D eigenvalue weighted by Gasteiger charge is 2.29. The highest BCUT2D eigenvalue weighted by Crippen LogP contribution is 2.25. The molecule has 0 saturated heterocycles. The number of esters is 6. The summed E-state index contributed by atoms with van der Waals surface area (Å²) in [7, 11) is 0. The zero-order chi connectivity index (χ0) is 73.1. The summed E-state index contributed by atoms with van der Waals surface area (Å²) in [4.78, 5) is 77.8. The molecule has 0 radical (unpaired) electrons. The fourth-order valence-electron chi connectivity index (χ4n) is 12.9. The standard InChI is InChI=1S/C88H160O12/c1-8-15-22-26-43-57-69-81(99-87(93)75-61-46-37-31-28-34-41-54-66-78(63-51-23-16-9-2)96-84(90)72-49-19-12-5)82(100-88(94)76-62-47-38-32-29-35-42-55-67-79(64-52-24-17-10-3)97-85(91)73-50-20-13-6)70-58-44-39-48-60-74-86(92)98-80(65-53-25-18-11-4)68-56-40-33-27-30-36-45-59-71-83(89)95-77-21-14-7/h40-42,54-56,78-82H,8-39,43-53,57-77H2,1-7H3/b54-41-,55-42-,56-40-/t78-,79-,80-,81+,82-/m1/s1. The van der Waals surface area contributed by atoms with E-state index < -0.39 is 12.2 Å². The van der Waals surface area contributed by atoms with Gasteiger partial charge < -0.3 is 28.4 Å². The van der Waals surface area contributed by atoms with Crippen molar-refractivity contribution in [3.05, 3.63) is 36.5 Å². The molecule has 0 amide bonds. The van der Waals surface area contributed by atoms with E-state index in [1.165, 1.54) is 70.6 Å². The van der Waals surface area contributed by atoms with Crippen LogP contribution in [-0.4, -0.2) is 72.9 Å². The lowest BCUT2D eigenvalue weighted by Gasteiger charge is -2.27. The summed E-state index contributed by atoms with van der Waals surface area (Å²) in [6.45, 7) is 15.8. The topological polar surface area (TPSA) is 158 Å². The fourth-order valence-corrected chi connectivity index (χ4v) is 12.9. The molecule has 0 saturated carbocycles. The van der Waals surface area contributed by atoms with E-state index in [2.05, 4.69) is 84.9 Å². The summed E-state index contributed by atoms with van der Waals surface area (Å²) in [6.07, 6.45) is 72.6. The van der Waals surface area contributed by atoms with Gasteiger partial charge >= 0.3 is 35.8 Å². The summed E-state index contributed by atoms with van der Waals surface area (Å²) < 4.78 is 36.1. The van der Waals surface area contributed by atoms with Crippen LogP contribution in [0.3, 0.4) is 0 Å². The monoisotopic (exact) mass is 1410 g/mol. The number of unbranched alkanes of at least 4 members (excludes halogenated alkanes) is 38. The van der Waals surface area contributed by atoms with Crippen LogP contribution in [0.15, 0.2) is 36.5 Å². The molecule has 100 heavy (non-hydrogen) atoms. The maximum absolute atomic E-state index is 13.8. The maximum Gasteiger partial charge on any atom is 0.306 e. The molecule has 0 aliphatic carbocycles. The third-order valence-corrected chi connectivity index (χ3v) is 19.4. The Morgan fingerprint density at radius 1 is 0.220 bits per heavy atom. The molecule has 0 aromatic rings. The Balaban J connectivity index is 5.69. The van der Waals surface area contributed by atoms with Crippen LogP contribution in [-0.2, 0) is 57.2 Å². The number of allylic oxidation sites excluding steroid dienone is 3. The molecule has 5 atom stereocenters. The molecule has 0 heterocycles. The second-order valence-corrected chi connectivity index (χ2v) is 29.3. The predicted octanol–water partition coefficient (Wildman–Crippen LogP) is 26.5. The first-order chi connectivity index (χ1) is 49.0. The van der Waals surface area contributed by atoms with Gasteiger partial charge in [-0.3, -0.25) is 28.8 Å². The van der Waals surface area contributed by atoms with Crippen LogP contribution in [0, 0.1) is 0 Å². The first-order valence-electron chi connectivity index (χ1n) is 43.0. The molecule has 584 valence electrons. The van der Waals surface area contributed by atoms with Crippen molar-refractivity contribution in [1.82, 2.24) is 0 Å². The highest BCUT2D eigenvalue weighted by molar-refractivity contribution is 5.71. The van der Waals surface area contributed by atoms with Crippen LogP contribution < -0.4 is 0 Å². The first-order valence-corrected chi connectivity index (χ1v) is 43.0. The zero-order valence-electron chi connectivity index (χ0n) is 66.5. The second kappa shape index (κ2) is 76.2. The van der Waals surface area contributed by atoms with Gasteiger partial charge in [0.1, 0.15) is 30.5 Å². The lowest BCUT2D eigenvalue weighted by molar-refractivity contribution is -0.169. The number of hydrogen-bond acceptors (Lipinski definition) is 12. The second-order valence-electron chi connectivity index (χ2n) is 29.3. The Labute approximate surface area is 616 Å². The zero-order valence-corrected chi connectivity index (χ0v) is 66.5. The average Bonchev–Trinajstić information content (AvgIpc) is 0.985. The first kappa shape index (κ1) is 96.0. The number of rotatable bonds is 77. The molecule has 0 fully saturated rings. The van der Waals surface area contributed by atoms with E-state index in [1.54, 1.807) is 0 Å². The van der Waals surface area contributed by atoms with Gasteiger partial charge in [0.05, 0.1) is 6.61 Å². The summed E-state index contributed by atoms with van der Waals surface area (Å²) in [5.41, 5.74) is 0. The molecule has 12 nitrogen and oxygen atoms in total. The highest BCUT2D eigenvalue weighted by atomic mass is 16.6. The minimum atomic E-state index is -0.497. The minimum Gasteiger partial charge on any atom is -0.466 e. The van der Waals surface area contributed by atoms with Crippen LogP contribution >= 0.6 is 0 Å². The molecular formula is C88H160O12. The SMILES string of the molecule is CCCCCCCC[C@H](OC(=O)CCCCCCC/C=C\C[C@@H](CCCCCC)OC(=O)CCCCC)[C@@H](CCCCCCCC(=O)O[C@@H](C/C=C\CCCCCCCC(=O)OCCCC)CCCCCC)OC(=O)CCCCCCC/C=C\C[C@@H](CCCCCC)OC(=O)CCCCC. The number of ether oxygens (including phenoxy) is 6. The Morgan fingerprint density at radius 2 is 0.440 bits per heavy atom. The van der Waals surface area contributed by atoms with Crippen molar-refractivity contribution < 1.29 is 57.2 Å². The Bertz CT molecular complexity index is 1940. The molecule has 0 N–H and O–H groups in total. The maximum atomic E-state index is 13.8. The van der Waals surface area contributed by atoms with E-state index in [-0.39, 0.29) is 54.1 Å². The van der Waals surface area contributed by atoms with Gasteiger partial charge in [0.2, 0.25) is 0 Å². The van der Waals surface area contributed by atoms with E-state index in [0.29, 0.717) is 58.0 Å². The molecule has 12 heteroatoms. The molecule has 0 aliphatic heterocycles. The van der Waals surface area contributed by atoms with E-state index in [4.69, 9.17) is 28.4 Å². The molecule has 0 aromatic heterocycles. The molecule has 0 aliphatic rings. The largest absolute Gasteiger partial charge is 0.466 e. The summed E-state index contributed by atoms with van der Waals surface area (Å²) in [5.74, 6) is -0.691. The van der Waals surface area contributed by atoms with Crippen molar-refractivity contribution in [2.24, 2.45) is 0 Å². The number of carbonyl (C=O) groups excluding carboxylic acids is 6. The summed E-state index contributed by atoms with van der Waals surface area (Å²) in [5, 5.41) is 0. The average molecular weight is 1410 g/mol. The Morgan fingerprint density at radius 3 is 0.750 bits per heavy atom. The summed E-state index contributed by atoms with van der Waals surface area (Å²) in [6, 6.07) is 0. The number of hydrogen-bond donors (Lipinski definition) is 0. The van der Waals surface area contributed by atoms with Gasteiger partial charge in [-0.2, -0.15) is 0 Å². The Kier molecular flexibility index (Phi) is 73.2. The Hall–Kier alpha value is -3.96. The smallest absolute Gasteiger partial charge is 0.306 e. The van der Waals surface area contributed by atoms with Crippen molar-refractivity contribution in [2.45, 2.75) is 483 Å². The van der Waals surface area contributed by atoms with Crippen LogP contribution in [0.2, 0.25) is 0 Å². The van der Waals surface area contributed by atoms with E-state index in [1.807, 2.05) is 0 Å². The van der Waals surface area contributed by atoms with Gasteiger partial charge in [-0.1, -0.05) is 284 Å². The summed E-state index contributed by atoms with van der Waals surface area (Å²) >= 11 is 0. The fraction of sp³-hybridized carbons (Fsp3) is 0.864. The van der Waals surface area contributed by atoms with Gasteiger partial charge in [-0.25, -0.2) is 0 Å². The quantitative estimate of drug-likeness (QED) is 0.0246. The van der Waals surface area contributed by atoms with Crippen LogP contribution in [0.1, 0.15) is 453 Å². The number of carbonyl (C=O) groups is 6. The van der Waals surface area contributed by atoms with Crippen molar-refractivity contribution in [3.8, 4) is 0 Å². The molecule has 0 spiro atoms. The molecule has 0 rings (SSSR count). The molecular weight excluding hydrogens is 1250 g/mol. The van der Waals surface area contributed by atoms with Crippen molar-refractivity contribution in [1.29, 1.82) is 0 Å². The molecule has 0 bridgehead atoms. The van der Waals surface area contributed by atoms with Crippen molar-refractivity contribution >= 4 is 35.8 Å². The lowest BCUT2D eigenvalue weighted by Crippen LogP contribution is -2.35. The van der Waals surface area contributed by atoms with Crippen LogP contribution in [0.25, 0.3) is 0 Å². The van der Waals surface area contributed by atoms with Crippen molar-refractivity contribution in [3.63, 3.8) is 0 Å². The molecule has 0 unspecified atom stereocenters. The van der Waals surface area contributed by atoms with Crippen LogP contribution in [0.4, 0.5) is 0 Å². The van der Waals surface area contributed by atoms with Gasteiger partial charge in [-0.05, 0) is 148 Å². The van der Waals surface area contributed by atoms with Gasteiger partial charge in [-0.15, -0.1) is 0 Å². The third-order valence-electron chi connectivity index (χ3n) is 19.4. The lowest BCUT2D eigenvalue weighted by atomic mass is 9.98. The third kappa shape index (κ3) is 67.2. The predicted molar refractivity (Wildman–Crippen MR) is 418 cm³/mol. The minimum absolute atomic E-state index is 0.0369. The molecule has 0 aromatic carbocycles. The van der Waals surface area contributed by atoms with Gasteiger partial charge in [0.15, 0.2) is 0 Å². The van der Waals surface area contributed by atoms with Crippen LogP contribution in [0.5, 0.6) is 0 Å². The van der Waals surface area contributed by atoms with Gasteiger partial charge in [0, 0.05) is 57.8 Å². The van der Waals surface area contributed by atoms with E-state index >= 15 is 0 Å². The normalized spacial score (nSPS) is 13.2. The van der Waals surface area contributed by atoms with E-state index in [9.17, 15) is 28.8 Å². The van der Waals surface area contributed by atoms with E-state index in [0.717, 1.165) is 283 Å². The van der Waals surface area contributed by atoms with Crippen molar-refractivity contribution in [2.75, 3.05) is 6.61 Å².